The van der Waals surface area contributed by atoms with E-state index in [-0.39, 0.29) is 0 Å². The van der Waals surface area contributed by atoms with Gasteiger partial charge in [0.1, 0.15) is 5.60 Å². The average molecular weight is 280 g/mol. The van der Waals surface area contributed by atoms with E-state index in [2.05, 4.69) is 15.0 Å². The van der Waals surface area contributed by atoms with Crippen LogP contribution >= 0.6 is 0 Å². The summed E-state index contributed by atoms with van der Waals surface area (Å²) < 4.78 is 9.79. The summed E-state index contributed by atoms with van der Waals surface area (Å²) in [6.07, 6.45) is 1.52. The van der Waals surface area contributed by atoms with E-state index in [9.17, 15) is 9.59 Å². The molecule has 0 radical (unpaired) electrons. The Balaban J connectivity index is 2.54. The van der Waals surface area contributed by atoms with Crippen LogP contribution in [0.1, 0.15) is 36.8 Å². The average Bonchev–Trinajstić information content (AvgIpc) is 2.36. The fraction of sp³-hybridized carbons (Fsp3) is 0.500. The van der Waals surface area contributed by atoms with Crippen LogP contribution in [0, 0.1) is 0 Å². The van der Waals surface area contributed by atoms with E-state index < -0.39 is 17.7 Å². The first-order chi connectivity index (χ1) is 9.33. The molecule has 0 aliphatic carbocycles. The van der Waals surface area contributed by atoms with Gasteiger partial charge < -0.3 is 14.8 Å². The summed E-state index contributed by atoms with van der Waals surface area (Å²) in [6, 6.07) is 3.30. The third-order valence-electron chi connectivity index (χ3n) is 2.33. The SMILES string of the molecule is COC(=O)c1cccnc1CCNC(=O)OC(C)(C)C. The third kappa shape index (κ3) is 5.26. The van der Waals surface area contributed by atoms with Crippen molar-refractivity contribution in [3.63, 3.8) is 0 Å². The Labute approximate surface area is 118 Å². The smallest absolute Gasteiger partial charge is 0.407 e. The molecule has 6 heteroatoms. The molecule has 0 fully saturated rings. The number of alkyl carbamates (subject to hydrolysis) is 1. The molecule has 1 N–H and O–H groups in total. The topological polar surface area (TPSA) is 77.5 Å². The molecule has 1 amide bonds. The van der Waals surface area contributed by atoms with Gasteiger partial charge in [-0.1, -0.05) is 0 Å². The Bertz CT molecular complexity index is 480. The first-order valence-corrected chi connectivity index (χ1v) is 6.32. The molecule has 0 aliphatic rings. The maximum Gasteiger partial charge on any atom is 0.407 e. The molecule has 1 rings (SSSR count). The summed E-state index contributed by atoms with van der Waals surface area (Å²) in [5.74, 6) is -0.439. The number of nitrogens with one attached hydrogen (secondary N) is 1. The van der Waals surface area contributed by atoms with E-state index in [4.69, 9.17) is 4.74 Å². The van der Waals surface area contributed by atoms with Crippen molar-refractivity contribution < 1.29 is 19.1 Å². The summed E-state index contributed by atoms with van der Waals surface area (Å²) in [5, 5.41) is 2.62. The predicted octanol–water partition coefficient (Wildman–Crippen LogP) is 1.94. The molecule has 1 aromatic heterocycles. The first-order valence-electron chi connectivity index (χ1n) is 6.32. The van der Waals surface area contributed by atoms with Crippen LogP contribution in [0.2, 0.25) is 0 Å². The molecule has 0 atom stereocenters. The lowest BCUT2D eigenvalue weighted by atomic mass is 10.1. The van der Waals surface area contributed by atoms with Crippen molar-refractivity contribution >= 4 is 12.1 Å². The summed E-state index contributed by atoms with van der Waals surface area (Å²) in [6.45, 7) is 5.71. The van der Waals surface area contributed by atoms with Crippen LogP contribution in [0.25, 0.3) is 0 Å². The molecule has 6 nitrogen and oxygen atoms in total. The van der Waals surface area contributed by atoms with E-state index in [1.165, 1.54) is 7.11 Å². The van der Waals surface area contributed by atoms with Gasteiger partial charge in [-0.2, -0.15) is 0 Å². The van der Waals surface area contributed by atoms with Gasteiger partial charge in [0.05, 0.1) is 18.4 Å². The molecule has 0 aromatic carbocycles. The van der Waals surface area contributed by atoms with Crippen LogP contribution in [-0.2, 0) is 15.9 Å². The quantitative estimate of drug-likeness (QED) is 0.853. The number of esters is 1. The van der Waals surface area contributed by atoms with Crippen LogP contribution in [0.4, 0.5) is 4.79 Å². The van der Waals surface area contributed by atoms with Gasteiger partial charge in [0.25, 0.3) is 0 Å². The molecule has 20 heavy (non-hydrogen) atoms. The lowest BCUT2D eigenvalue weighted by molar-refractivity contribution is 0.0528. The fourth-order valence-corrected chi connectivity index (χ4v) is 1.53. The molecular weight excluding hydrogens is 260 g/mol. The minimum absolute atomic E-state index is 0.329. The van der Waals surface area contributed by atoms with Gasteiger partial charge in [-0.3, -0.25) is 4.98 Å². The van der Waals surface area contributed by atoms with E-state index >= 15 is 0 Å². The second-order valence-corrected chi connectivity index (χ2v) is 5.17. The Hall–Kier alpha value is -2.11. The number of hydrogen-bond acceptors (Lipinski definition) is 5. The number of amides is 1. The number of methoxy groups -OCH3 is 1. The Morgan fingerprint density at radius 2 is 2.05 bits per heavy atom. The van der Waals surface area contributed by atoms with Crippen LogP contribution in [0.5, 0.6) is 0 Å². The highest BCUT2D eigenvalue weighted by Gasteiger charge is 2.16. The largest absolute Gasteiger partial charge is 0.465 e. The molecule has 1 heterocycles. The van der Waals surface area contributed by atoms with Crippen LogP contribution in [0.3, 0.4) is 0 Å². The number of aromatic nitrogens is 1. The van der Waals surface area contributed by atoms with Crippen LogP contribution < -0.4 is 5.32 Å². The van der Waals surface area contributed by atoms with Crippen molar-refractivity contribution in [2.45, 2.75) is 32.8 Å². The van der Waals surface area contributed by atoms with Crippen LogP contribution in [-0.4, -0.2) is 36.3 Å². The monoisotopic (exact) mass is 280 g/mol. The summed E-state index contributed by atoms with van der Waals surface area (Å²) in [4.78, 5) is 27.1. The summed E-state index contributed by atoms with van der Waals surface area (Å²) >= 11 is 0. The molecule has 0 aliphatic heterocycles. The fourth-order valence-electron chi connectivity index (χ4n) is 1.53. The minimum Gasteiger partial charge on any atom is -0.465 e. The maximum atomic E-state index is 11.5. The standard InChI is InChI=1S/C14H20N2O4/c1-14(2,3)20-13(18)16-9-7-11-10(12(17)19-4)6-5-8-15-11/h5-6,8H,7,9H2,1-4H3,(H,16,18). The normalized spacial score (nSPS) is 10.8. The Morgan fingerprint density at radius 1 is 1.35 bits per heavy atom. The highest BCUT2D eigenvalue weighted by molar-refractivity contribution is 5.90. The number of ether oxygens (including phenoxy) is 2. The van der Waals surface area contributed by atoms with Crippen molar-refractivity contribution in [3.05, 3.63) is 29.6 Å². The minimum atomic E-state index is -0.535. The van der Waals surface area contributed by atoms with Gasteiger partial charge in [-0.15, -0.1) is 0 Å². The molecule has 0 spiro atoms. The number of hydrogen-bond donors (Lipinski definition) is 1. The second-order valence-electron chi connectivity index (χ2n) is 5.17. The van der Waals surface area contributed by atoms with Crippen LogP contribution in [0.15, 0.2) is 18.3 Å². The lowest BCUT2D eigenvalue weighted by Crippen LogP contribution is -2.33. The van der Waals surface area contributed by atoms with Gasteiger partial charge >= 0.3 is 12.1 Å². The third-order valence-corrected chi connectivity index (χ3v) is 2.33. The van der Waals surface area contributed by atoms with Gasteiger partial charge in [0.2, 0.25) is 0 Å². The highest BCUT2D eigenvalue weighted by atomic mass is 16.6. The Kier molecular flexibility index (Phi) is 5.49. The van der Waals surface area contributed by atoms with E-state index in [0.717, 1.165) is 0 Å². The number of pyridine rings is 1. The zero-order chi connectivity index (χ0) is 15.2. The van der Waals surface area contributed by atoms with Gasteiger partial charge in [-0.05, 0) is 32.9 Å². The van der Waals surface area contributed by atoms with Gasteiger partial charge in [0, 0.05) is 19.2 Å². The van der Waals surface area contributed by atoms with Gasteiger partial charge in [-0.25, -0.2) is 9.59 Å². The number of rotatable bonds is 4. The lowest BCUT2D eigenvalue weighted by Gasteiger charge is -2.19. The first kappa shape index (κ1) is 15.9. The molecule has 0 saturated carbocycles. The van der Waals surface area contributed by atoms with Crippen molar-refractivity contribution in [2.75, 3.05) is 13.7 Å². The van der Waals surface area contributed by atoms with E-state index in [1.54, 1.807) is 39.1 Å². The van der Waals surface area contributed by atoms with E-state index in [1.807, 2.05) is 0 Å². The van der Waals surface area contributed by atoms with Crippen molar-refractivity contribution in [3.8, 4) is 0 Å². The maximum absolute atomic E-state index is 11.5. The Morgan fingerprint density at radius 3 is 2.65 bits per heavy atom. The zero-order valence-corrected chi connectivity index (χ0v) is 12.2. The molecule has 0 bridgehead atoms. The number of nitrogens with zero attached hydrogens (tertiary/aromatic N) is 1. The zero-order valence-electron chi connectivity index (χ0n) is 12.2. The second kappa shape index (κ2) is 6.88. The summed E-state index contributed by atoms with van der Waals surface area (Å²) in [5.41, 5.74) is 0.447. The molecule has 0 unspecified atom stereocenters. The predicted molar refractivity (Wildman–Crippen MR) is 73.5 cm³/mol. The summed E-state index contributed by atoms with van der Waals surface area (Å²) in [7, 11) is 1.32. The van der Waals surface area contributed by atoms with Gasteiger partial charge in [0.15, 0.2) is 0 Å². The molecular formula is C14H20N2O4. The van der Waals surface area contributed by atoms with E-state index in [0.29, 0.717) is 24.2 Å². The van der Waals surface area contributed by atoms with Crippen molar-refractivity contribution in [2.24, 2.45) is 0 Å². The van der Waals surface area contributed by atoms with Crippen molar-refractivity contribution in [1.82, 2.24) is 10.3 Å². The molecule has 1 aromatic rings. The van der Waals surface area contributed by atoms with Crippen molar-refractivity contribution in [1.29, 1.82) is 0 Å². The number of carbonyl (C=O) groups is 2. The highest BCUT2D eigenvalue weighted by Crippen LogP contribution is 2.08. The number of carbonyl (C=O) groups excluding carboxylic acids is 2. The molecule has 0 saturated heterocycles. The molecule has 110 valence electrons.